The lowest BCUT2D eigenvalue weighted by Crippen LogP contribution is -2.01. The van der Waals surface area contributed by atoms with Crippen molar-refractivity contribution in [2.45, 2.75) is 19.4 Å². The first-order valence-electron chi connectivity index (χ1n) is 5.02. The van der Waals surface area contributed by atoms with Crippen LogP contribution in [-0.2, 0) is 0 Å². The molecule has 5 heteroatoms. The van der Waals surface area contributed by atoms with E-state index in [1.807, 2.05) is 19.1 Å². The van der Waals surface area contributed by atoms with Crippen LogP contribution in [0.5, 0.6) is 5.75 Å². The van der Waals surface area contributed by atoms with Crippen molar-refractivity contribution in [2.24, 2.45) is 5.11 Å². The molecule has 0 bridgehead atoms. The second-order valence-corrected chi connectivity index (χ2v) is 3.48. The second kappa shape index (κ2) is 6.00. The second-order valence-electron chi connectivity index (χ2n) is 3.48. The van der Waals surface area contributed by atoms with E-state index in [0.717, 1.165) is 16.9 Å². The number of ether oxygens (including phenoxy) is 1. The van der Waals surface area contributed by atoms with Gasteiger partial charge < -0.3 is 9.84 Å². The highest BCUT2D eigenvalue weighted by Gasteiger charge is 2.10. The van der Waals surface area contributed by atoms with Crippen molar-refractivity contribution in [1.29, 1.82) is 0 Å². The molecule has 16 heavy (non-hydrogen) atoms. The molecule has 1 N–H and O–H groups in total. The highest BCUT2D eigenvalue weighted by molar-refractivity contribution is 5.35. The maximum atomic E-state index is 9.87. The summed E-state index contributed by atoms with van der Waals surface area (Å²) in [5, 5.41) is 13.3. The molecule has 5 nitrogen and oxygen atoms in total. The number of methoxy groups -OCH3 is 1. The molecule has 1 aromatic rings. The predicted octanol–water partition coefficient (Wildman–Crippen LogP) is 2.74. The minimum Gasteiger partial charge on any atom is -0.497 e. The van der Waals surface area contributed by atoms with Crippen molar-refractivity contribution in [3.63, 3.8) is 0 Å². The zero-order valence-corrected chi connectivity index (χ0v) is 9.42. The quantitative estimate of drug-likeness (QED) is 0.471. The number of benzene rings is 1. The Morgan fingerprint density at radius 2 is 2.31 bits per heavy atom. The molecule has 0 heterocycles. The molecular weight excluding hydrogens is 206 g/mol. The van der Waals surface area contributed by atoms with Gasteiger partial charge >= 0.3 is 0 Å². The van der Waals surface area contributed by atoms with Crippen LogP contribution in [0.25, 0.3) is 10.4 Å². The van der Waals surface area contributed by atoms with Gasteiger partial charge in [-0.05, 0) is 42.1 Å². The normalized spacial score (nSPS) is 11.7. The minimum absolute atomic E-state index is 0.295. The van der Waals surface area contributed by atoms with Crippen molar-refractivity contribution in [3.8, 4) is 5.75 Å². The summed E-state index contributed by atoms with van der Waals surface area (Å²) in [4.78, 5) is 2.65. The van der Waals surface area contributed by atoms with E-state index in [-0.39, 0.29) is 0 Å². The predicted molar refractivity (Wildman–Crippen MR) is 61.3 cm³/mol. The Morgan fingerprint density at radius 1 is 1.56 bits per heavy atom. The number of hydrogen-bond donors (Lipinski definition) is 1. The van der Waals surface area contributed by atoms with E-state index in [0.29, 0.717) is 13.0 Å². The summed E-state index contributed by atoms with van der Waals surface area (Å²) in [7, 11) is 1.60. The fourth-order valence-corrected chi connectivity index (χ4v) is 1.53. The van der Waals surface area contributed by atoms with Gasteiger partial charge in [-0.3, -0.25) is 0 Å². The summed E-state index contributed by atoms with van der Waals surface area (Å²) in [5.74, 6) is 0.767. The van der Waals surface area contributed by atoms with Gasteiger partial charge in [-0.15, -0.1) is 0 Å². The standard InChI is InChI=1S/C11H15N3O2/c1-8-7-9(16-2)3-4-10(8)11(15)5-6-13-14-12/h3-4,7,11,15H,5-6H2,1-2H3. The van der Waals surface area contributed by atoms with Crippen LogP contribution in [0.3, 0.4) is 0 Å². The highest BCUT2D eigenvalue weighted by atomic mass is 16.5. The molecule has 1 atom stereocenters. The van der Waals surface area contributed by atoms with E-state index >= 15 is 0 Å². The molecule has 0 aliphatic heterocycles. The molecule has 0 spiro atoms. The molecule has 0 fully saturated rings. The van der Waals surface area contributed by atoms with Crippen LogP contribution < -0.4 is 4.74 Å². The van der Waals surface area contributed by atoms with Crippen LogP contribution in [0.1, 0.15) is 23.7 Å². The molecule has 0 saturated carbocycles. The van der Waals surface area contributed by atoms with Crippen LogP contribution >= 0.6 is 0 Å². The van der Waals surface area contributed by atoms with Crippen molar-refractivity contribution < 1.29 is 9.84 Å². The zero-order chi connectivity index (χ0) is 12.0. The number of aliphatic hydroxyl groups excluding tert-OH is 1. The molecule has 1 rings (SSSR count). The monoisotopic (exact) mass is 221 g/mol. The van der Waals surface area contributed by atoms with E-state index in [2.05, 4.69) is 10.0 Å². The van der Waals surface area contributed by atoms with Gasteiger partial charge in [0.1, 0.15) is 5.75 Å². The van der Waals surface area contributed by atoms with Crippen molar-refractivity contribution >= 4 is 0 Å². The number of rotatable bonds is 5. The van der Waals surface area contributed by atoms with Crippen molar-refractivity contribution in [1.82, 2.24) is 0 Å². The molecule has 1 unspecified atom stereocenters. The lowest BCUT2D eigenvalue weighted by Gasteiger charge is -2.13. The number of nitrogens with zero attached hydrogens (tertiary/aromatic N) is 3. The summed E-state index contributed by atoms with van der Waals surface area (Å²) in [6, 6.07) is 5.50. The first-order valence-corrected chi connectivity index (χ1v) is 5.02. The van der Waals surface area contributed by atoms with Crippen LogP contribution in [0.2, 0.25) is 0 Å². The highest BCUT2D eigenvalue weighted by Crippen LogP contribution is 2.24. The average Bonchev–Trinajstić information content (AvgIpc) is 2.29. The molecule has 1 aromatic carbocycles. The average molecular weight is 221 g/mol. The molecule has 86 valence electrons. The fourth-order valence-electron chi connectivity index (χ4n) is 1.53. The van der Waals surface area contributed by atoms with Gasteiger partial charge in [0.15, 0.2) is 0 Å². The molecule has 0 aliphatic carbocycles. The summed E-state index contributed by atoms with van der Waals surface area (Å²) in [6.07, 6.45) is -0.173. The summed E-state index contributed by atoms with van der Waals surface area (Å²) in [6.45, 7) is 2.21. The summed E-state index contributed by atoms with van der Waals surface area (Å²) < 4.78 is 5.08. The lowest BCUT2D eigenvalue weighted by molar-refractivity contribution is 0.169. The molecule has 0 aromatic heterocycles. The molecular formula is C11H15N3O2. The largest absolute Gasteiger partial charge is 0.497 e. The first-order chi connectivity index (χ1) is 7.69. The van der Waals surface area contributed by atoms with Gasteiger partial charge in [-0.1, -0.05) is 11.2 Å². The van der Waals surface area contributed by atoms with Crippen LogP contribution in [-0.4, -0.2) is 18.8 Å². The maximum Gasteiger partial charge on any atom is 0.119 e. The minimum atomic E-state index is -0.601. The zero-order valence-electron chi connectivity index (χ0n) is 9.42. The smallest absolute Gasteiger partial charge is 0.119 e. The van der Waals surface area contributed by atoms with E-state index in [1.54, 1.807) is 13.2 Å². The number of aliphatic hydroxyl groups is 1. The van der Waals surface area contributed by atoms with E-state index < -0.39 is 6.10 Å². The molecule has 0 radical (unpaired) electrons. The van der Waals surface area contributed by atoms with Gasteiger partial charge in [0, 0.05) is 11.5 Å². The molecule has 0 aliphatic rings. The third-order valence-corrected chi connectivity index (χ3v) is 2.40. The maximum absolute atomic E-state index is 9.87. The Labute approximate surface area is 94.3 Å². The third kappa shape index (κ3) is 3.15. The van der Waals surface area contributed by atoms with Crippen LogP contribution in [0, 0.1) is 6.92 Å². The van der Waals surface area contributed by atoms with Crippen LogP contribution in [0.15, 0.2) is 23.3 Å². The van der Waals surface area contributed by atoms with Gasteiger partial charge in [-0.2, -0.15) is 0 Å². The number of aryl methyl sites for hydroxylation is 1. The number of azide groups is 1. The Bertz CT molecular complexity index is 400. The van der Waals surface area contributed by atoms with Crippen molar-refractivity contribution in [3.05, 3.63) is 39.8 Å². The first kappa shape index (κ1) is 12.4. The fraction of sp³-hybridized carbons (Fsp3) is 0.455. The summed E-state index contributed by atoms with van der Waals surface area (Å²) in [5.41, 5.74) is 9.94. The SMILES string of the molecule is COc1ccc(C(O)CCN=[N+]=[N-])c(C)c1. The lowest BCUT2D eigenvalue weighted by atomic mass is 10.0. The van der Waals surface area contributed by atoms with Gasteiger partial charge in [0.05, 0.1) is 13.2 Å². The number of hydrogen-bond acceptors (Lipinski definition) is 3. The van der Waals surface area contributed by atoms with Gasteiger partial charge in [-0.25, -0.2) is 0 Å². The summed E-state index contributed by atoms with van der Waals surface area (Å²) >= 11 is 0. The Hall–Kier alpha value is -1.71. The Morgan fingerprint density at radius 3 is 2.88 bits per heavy atom. The van der Waals surface area contributed by atoms with E-state index in [9.17, 15) is 5.11 Å². The van der Waals surface area contributed by atoms with Gasteiger partial charge in [0.25, 0.3) is 0 Å². The van der Waals surface area contributed by atoms with Crippen molar-refractivity contribution in [2.75, 3.05) is 13.7 Å². The van der Waals surface area contributed by atoms with E-state index in [1.165, 1.54) is 0 Å². The molecule has 0 saturated heterocycles. The Balaban J connectivity index is 2.75. The topological polar surface area (TPSA) is 78.2 Å². The molecule has 0 amide bonds. The Kier molecular flexibility index (Phi) is 4.64. The third-order valence-electron chi connectivity index (χ3n) is 2.40. The van der Waals surface area contributed by atoms with Crippen LogP contribution in [0.4, 0.5) is 0 Å². The van der Waals surface area contributed by atoms with Gasteiger partial charge in [0.2, 0.25) is 0 Å². The van der Waals surface area contributed by atoms with E-state index in [4.69, 9.17) is 10.3 Å².